The topological polar surface area (TPSA) is 94.7 Å². The molecule has 1 fully saturated rings. The van der Waals surface area contributed by atoms with Gasteiger partial charge < -0.3 is 24.8 Å². The van der Waals surface area contributed by atoms with Crippen molar-refractivity contribution in [3.8, 4) is 5.75 Å². The van der Waals surface area contributed by atoms with Crippen LogP contribution in [-0.4, -0.2) is 75.2 Å². The summed E-state index contributed by atoms with van der Waals surface area (Å²) >= 11 is 0. The number of carbonyl (C=O) groups excluding carboxylic acids is 1. The lowest BCUT2D eigenvalue weighted by Gasteiger charge is -2.32. The predicted molar refractivity (Wildman–Crippen MR) is 150 cm³/mol. The molecule has 0 saturated carbocycles. The number of hydrogen-bond donors (Lipinski definition) is 2. The second-order valence-corrected chi connectivity index (χ2v) is 12.4. The summed E-state index contributed by atoms with van der Waals surface area (Å²) in [6.45, 7) is 7.29. The molecule has 1 amide bonds. The van der Waals surface area contributed by atoms with Gasteiger partial charge in [0.05, 0.1) is 16.2 Å². The number of sulfone groups is 1. The van der Waals surface area contributed by atoms with E-state index in [1.54, 1.807) is 12.1 Å². The Hall–Kier alpha value is -3.77. The Morgan fingerprint density at radius 1 is 1.05 bits per heavy atom. The van der Waals surface area contributed by atoms with E-state index in [2.05, 4.69) is 19.9 Å². The molecule has 0 radical (unpaired) electrons. The normalized spacial score (nSPS) is 17.0. The van der Waals surface area contributed by atoms with Crippen molar-refractivity contribution in [3.63, 3.8) is 0 Å². The summed E-state index contributed by atoms with van der Waals surface area (Å²) < 4.78 is 67.6. The van der Waals surface area contributed by atoms with E-state index in [0.29, 0.717) is 30.8 Å². The van der Waals surface area contributed by atoms with Gasteiger partial charge in [0.15, 0.2) is 9.84 Å². The number of hydrogen-bond acceptors (Lipinski definition) is 6. The number of nitrogens with one attached hydrogen (secondary N) is 2. The van der Waals surface area contributed by atoms with Crippen molar-refractivity contribution in [1.29, 1.82) is 0 Å². The lowest BCUT2D eigenvalue weighted by Crippen LogP contribution is -2.47. The molecule has 0 aliphatic carbocycles. The molecule has 2 aliphatic rings. The number of rotatable bonds is 6. The first-order valence-electron chi connectivity index (χ1n) is 13.1. The molecular formula is C29H31F3N4O4S. The number of fused-ring (bicyclic) bond motifs is 1. The Balaban J connectivity index is 1.37. The van der Waals surface area contributed by atoms with E-state index in [-0.39, 0.29) is 16.6 Å². The second-order valence-electron chi connectivity index (χ2n) is 10.4. The molecule has 3 heterocycles. The first kappa shape index (κ1) is 28.7. The van der Waals surface area contributed by atoms with Crippen LogP contribution in [-0.2, 0) is 15.6 Å². The highest BCUT2D eigenvalue weighted by Crippen LogP contribution is 2.35. The monoisotopic (exact) mass is 588 g/mol. The third kappa shape index (κ3) is 6.28. The maximum Gasteiger partial charge on any atom is 0.573 e. The van der Waals surface area contributed by atoms with Gasteiger partial charge in [0, 0.05) is 55.4 Å². The molecule has 2 aliphatic heterocycles. The molecule has 12 heteroatoms. The quantitative estimate of drug-likeness (QED) is 0.427. The largest absolute Gasteiger partial charge is 0.573 e. The number of aryl methyl sites for hydroxylation is 1. The van der Waals surface area contributed by atoms with Crippen molar-refractivity contribution in [3.05, 3.63) is 76.1 Å². The minimum Gasteiger partial charge on any atom is -0.406 e. The number of amides is 1. The SMILES string of the molecule is Cc1[nH]c(C=C2CNc3ccc(S(=O)(=O)Cc4ccc(OC(F)(F)F)cc4)cc32)c(C)c1C(=O)N1CCN(C)CC1. The van der Waals surface area contributed by atoms with E-state index in [0.717, 1.165) is 59.0 Å². The zero-order valence-corrected chi connectivity index (χ0v) is 23.7. The van der Waals surface area contributed by atoms with E-state index in [4.69, 9.17) is 0 Å². The molecule has 1 aromatic heterocycles. The van der Waals surface area contributed by atoms with E-state index < -0.39 is 21.9 Å². The highest BCUT2D eigenvalue weighted by Gasteiger charge is 2.31. The van der Waals surface area contributed by atoms with Gasteiger partial charge in [-0.25, -0.2) is 8.42 Å². The fraction of sp³-hybridized carbons (Fsp3) is 0.345. The van der Waals surface area contributed by atoms with Crippen LogP contribution in [0.3, 0.4) is 0 Å². The average molecular weight is 589 g/mol. The van der Waals surface area contributed by atoms with Gasteiger partial charge in [-0.2, -0.15) is 0 Å². The number of halogens is 3. The molecule has 8 nitrogen and oxygen atoms in total. The van der Waals surface area contributed by atoms with Gasteiger partial charge in [-0.3, -0.25) is 4.79 Å². The van der Waals surface area contributed by atoms with E-state index in [9.17, 15) is 26.4 Å². The minimum absolute atomic E-state index is 0.00493. The maximum atomic E-state index is 13.3. The molecule has 5 rings (SSSR count). The van der Waals surface area contributed by atoms with Gasteiger partial charge in [0.25, 0.3) is 5.91 Å². The van der Waals surface area contributed by atoms with Gasteiger partial charge in [0.2, 0.25) is 0 Å². The summed E-state index contributed by atoms with van der Waals surface area (Å²) in [7, 11) is -1.76. The highest BCUT2D eigenvalue weighted by molar-refractivity contribution is 7.90. The van der Waals surface area contributed by atoms with Crippen LogP contribution in [0, 0.1) is 13.8 Å². The number of likely N-dealkylation sites (N-methyl/N-ethyl adjacent to an activating group) is 1. The maximum absolute atomic E-state index is 13.3. The number of aromatic nitrogens is 1. The van der Waals surface area contributed by atoms with E-state index in [1.165, 1.54) is 18.2 Å². The molecular weight excluding hydrogens is 557 g/mol. The van der Waals surface area contributed by atoms with Gasteiger partial charge >= 0.3 is 6.36 Å². The van der Waals surface area contributed by atoms with Crippen molar-refractivity contribution in [2.75, 3.05) is 45.1 Å². The average Bonchev–Trinajstić information content (AvgIpc) is 3.43. The minimum atomic E-state index is -4.82. The van der Waals surface area contributed by atoms with Crippen LogP contribution in [0.5, 0.6) is 5.75 Å². The van der Waals surface area contributed by atoms with Crippen molar-refractivity contribution in [2.45, 2.75) is 30.9 Å². The third-order valence-corrected chi connectivity index (χ3v) is 9.16. The number of nitrogens with zero attached hydrogens (tertiary/aromatic N) is 2. The second kappa shape index (κ2) is 10.9. The first-order chi connectivity index (χ1) is 19.3. The van der Waals surface area contributed by atoms with Gasteiger partial charge in [-0.1, -0.05) is 12.1 Å². The lowest BCUT2D eigenvalue weighted by atomic mass is 10.0. The smallest absolute Gasteiger partial charge is 0.406 e. The molecule has 3 aromatic rings. The molecule has 0 atom stereocenters. The Labute approximate surface area is 236 Å². The summed E-state index contributed by atoms with van der Waals surface area (Å²) in [5, 5.41) is 3.28. The predicted octanol–water partition coefficient (Wildman–Crippen LogP) is 4.86. The van der Waals surface area contributed by atoms with Crippen LogP contribution in [0.4, 0.5) is 18.9 Å². The van der Waals surface area contributed by atoms with Crippen molar-refractivity contribution in [1.82, 2.24) is 14.8 Å². The lowest BCUT2D eigenvalue weighted by molar-refractivity contribution is -0.274. The van der Waals surface area contributed by atoms with Crippen LogP contribution in [0.2, 0.25) is 0 Å². The number of ether oxygens (including phenoxy) is 1. The fourth-order valence-corrected chi connectivity index (χ4v) is 6.59. The fourth-order valence-electron chi connectivity index (χ4n) is 5.22. The number of anilines is 1. The standard InChI is InChI=1S/C29H31F3N4O4S/c1-18-26(34-19(2)27(18)28(37)36-12-10-35(3)11-13-36)14-21-16-33-25-9-8-23(15-24(21)25)41(38,39)17-20-4-6-22(7-5-20)40-29(30,31)32/h4-9,14-15,33-34H,10-13,16-17H2,1-3H3. The number of carbonyl (C=O) groups is 1. The Kier molecular flexibility index (Phi) is 7.64. The molecule has 0 bridgehead atoms. The Morgan fingerprint density at radius 2 is 1.73 bits per heavy atom. The summed E-state index contributed by atoms with van der Waals surface area (Å²) in [6.07, 6.45) is -2.88. The molecule has 2 aromatic carbocycles. The molecule has 218 valence electrons. The number of alkyl halides is 3. The number of H-pyrrole nitrogens is 1. The third-order valence-electron chi connectivity index (χ3n) is 7.48. The zero-order valence-electron chi connectivity index (χ0n) is 22.9. The van der Waals surface area contributed by atoms with Crippen molar-refractivity contribution >= 4 is 33.1 Å². The van der Waals surface area contributed by atoms with Crippen LogP contribution in [0.15, 0.2) is 47.4 Å². The molecule has 0 spiro atoms. The van der Waals surface area contributed by atoms with Crippen LogP contribution in [0.25, 0.3) is 11.6 Å². The van der Waals surface area contributed by atoms with Gasteiger partial charge in [0.1, 0.15) is 5.75 Å². The Bertz CT molecular complexity index is 1600. The zero-order chi connectivity index (χ0) is 29.5. The molecule has 41 heavy (non-hydrogen) atoms. The summed E-state index contributed by atoms with van der Waals surface area (Å²) in [6, 6.07) is 9.62. The number of piperazine rings is 1. The van der Waals surface area contributed by atoms with Crippen LogP contribution >= 0.6 is 0 Å². The molecule has 0 unspecified atom stereocenters. The summed E-state index contributed by atoms with van der Waals surface area (Å²) in [5.41, 5.74) is 5.81. The van der Waals surface area contributed by atoms with Crippen molar-refractivity contribution < 1.29 is 31.1 Å². The van der Waals surface area contributed by atoms with E-state index in [1.807, 2.05) is 31.9 Å². The van der Waals surface area contributed by atoms with Crippen molar-refractivity contribution in [2.24, 2.45) is 0 Å². The number of benzene rings is 2. The summed E-state index contributed by atoms with van der Waals surface area (Å²) in [4.78, 5) is 20.8. The Morgan fingerprint density at radius 3 is 2.39 bits per heavy atom. The van der Waals surface area contributed by atoms with Crippen LogP contribution < -0.4 is 10.1 Å². The van der Waals surface area contributed by atoms with Gasteiger partial charge in [-0.15, -0.1) is 13.2 Å². The molecule has 1 saturated heterocycles. The number of aromatic amines is 1. The summed E-state index contributed by atoms with van der Waals surface area (Å²) in [5.74, 6) is -0.789. The van der Waals surface area contributed by atoms with E-state index >= 15 is 0 Å². The molecule has 2 N–H and O–H groups in total. The first-order valence-corrected chi connectivity index (χ1v) is 14.8. The van der Waals surface area contributed by atoms with Gasteiger partial charge in [-0.05, 0) is 74.0 Å². The van der Waals surface area contributed by atoms with Crippen LogP contribution in [0.1, 0.15) is 38.4 Å². The highest BCUT2D eigenvalue weighted by atomic mass is 32.2.